The maximum Gasteiger partial charge on any atom is 0.313 e. The topological polar surface area (TPSA) is 87.7 Å². The van der Waals surface area contributed by atoms with Crippen LogP contribution in [-0.2, 0) is 16.1 Å². The number of phenolic OH excluding ortho intramolecular Hbond substituents is 1. The van der Waals surface area contributed by atoms with Crippen molar-refractivity contribution in [3.05, 3.63) is 53.1 Å². The molecule has 0 atom stereocenters. The van der Waals surface area contributed by atoms with Crippen molar-refractivity contribution in [1.29, 1.82) is 0 Å². The van der Waals surface area contributed by atoms with Gasteiger partial charge in [0.25, 0.3) is 0 Å². The molecule has 7 heteroatoms. The molecule has 0 saturated heterocycles. The highest BCUT2D eigenvalue weighted by Crippen LogP contribution is 2.28. The van der Waals surface area contributed by atoms with Crippen LogP contribution in [0.25, 0.3) is 0 Å². The molecule has 2 aromatic carbocycles. The summed E-state index contributed by atoms with van der Waals surface area (Å²) in [6, 6.07) is 11.2. The Morgan fingerprint density at radius 2 is 1.96 bits per heavy atom. The first-order chi connectivity index (χ1) is 11.0. The first-order valence-corrected chi connectivity index (χ1v) is 7.08. The molecular formula is C16H15ClN2O4. The van der Waals surface area contributed by atoms with Crippen LogP contribution in [0.4, 0.5) is 5.69 Å². The molecule has 3 N–H and O–H groups in total. The van der Waals surface area contributed by atoms with Gasteiger partial charge in [0.1, 0.15) is 0 Å². The molecule has 120 valence electrons. The van der Waals surface area contributed by atoms with Crippen molar-refractivity contribution in [2.75, 3.05) is 12.4 Å². The summed E-state index contributed by atoms with van der Waals surface area (Å²) >= 11 is 5.84. The maximum atomic E-state index is 11.8. The minimum absolute atomic E-state index is 0.135. The van der Waals surface area contributed by atoms with E-state index in [0.717, 1.165) is 5.56 Å². The Morgan fingerprint density at radius 1 is 1.17 bits per heavy atom. The lowest BCUT2D eigenvalue weighted by Crippen LogP contribution is -2.34. The molecule has 0 unspecified atom stereocenters. The lowest BCUT2D eigenvalue weighted by molar-refractivity contribution is -0.136. The lowest BCUT2D eigenvalue weighted by Gasteiger charge is -2.08. The normalized spacial score (nSPS) is 10.0. The number of rotatable bonds is 4. The largest absolute Gasteiger partial charge is 0.504 e. The van der Waals surface area contributed by atoms with Crippen molar-refractivity contribution in [3.63, 3.8) is 0 Å². The Morgan fingerprint density at radius 3 is 2.61 bits per heavy atom. The Bertz CT molecular complexity index is 734. The molecule has 0 aromatic heterocycles. The number of hydrogen-bond acceptors (Lipinski definition) is 4. The van der Waals surface area contributed by atoms with Gasteiger partial charge in [-0.3, -0.25) is 9.59 Å². The van der Waals surface area contributed by atoms with Crippen LogP contribution < -0.4 is 15.4 Å². The molecule has 0 aliphatic rings. The van der Waals surface area contributed by atoms with E-state index in [1.165, 1.54) is 25.3 Å². The first kappa shape index (κ1) is 16.6. The molecule has 0 heterocycles. The summed E-state index contributed by atoms with van der Waals surface area (Å²) in [5, 5.41) is 15.1. The third-order valence-corrected chi connectivity index (χ3v) is 3.22. The van der Waals surface area contributed by atoms with Crippen LogP contribution in [0.2, 0.25) is 5.02 Å². The number of halogens is 1. The monoisotopic (exact) mass is 334 g/mol. The molecule has 6 nitrogen and oxygen atoms in total. The van der Waals surface area contributed by atoms with Crippen LogP contribution in [0.1, 0.15) is 5.56 Å². The molecule has 0 radical (unpaired) electrons. The number of carbonyl (C=O) groups excluding carboxylic acids is 2. The Labute approximate surface area is 138 Å². The summed E-state index contributed by atoms with van der Waals surface area (Å²) in [7, 11) is 1.41. The van der Waals surface area contributed by atoms with Gasteiger partial charge in [-0.05, 0) is 29.8 Å². The van der Waals surface area contributed by atoms with Gasteiger partial charge in [-0.1, -0.05) is 23.7 Å². The van der Waals surface area contributed by atoms with Gasteiger partial charge in [0, 0.05) is 23.3 Å². The number of methoxy groups -OCH3 is 1. The fourth-order valence-electron chi connectivity index (χ4n) is 1.87. The highest BCUT2D eigenvalue weighted by atomic mass is 35.5. The van der Waals surface area contributed by atoms with Gasteiger partial charge in [-0.2, -0.15) is 0 Å². The summed E-state index contributed by atoms with van der Waals surface area (Å²) in [6.07, 6.45) is 0. The van der Waals surface area contributed by atoms with E-state index in [0.29, 0.717) is 5.02 Å². The molecule has 0 aliphatic heterocycles. The van der Waals surface area contributed by atoms with Crippen molar-refractivity contribution in [2.24, 2.45) is 0 Å². The van der Waals surface area contributed by atoms with Gasteiger partial charge >= 0.3 is 11.8 Å². The van der Waals surface area contributed by atoms with Gasteiger partial charge < -0.3 is 20.5 Å². The van der Waals surface area contributed by atoms with E-state index in [9.17, 15) is 14.7 Å². The van der Waals surface area contributed by atoms with Gasteiger partial charge in [0.15, 0.2) is 11.5 Å². The molecule has 23 heavy (non-hydrogen) atoms. The quantitative estimate of drug-likeness (QED) is 0.749. The number of nitrogens with one attached hydrogen (secondary N) is 2. The first-order valence-electron chi connectivity index (χ1n) is 6.70. The Kier molecular flexibility index (Phi) is 5.43. The van der Waals surface area contributed by atoms with Crippen LogP contribution in [0.15, 0.2) is 42.5 Å². The second kappa shape index (κ2) is 7.51. The Balaban J connectivity index is 1.92. The van der Waals surface area contributed by atoms with Crippen LogP contribution in [-0.4, -0.2) is 24.0 Å². The Hall–Kier alpha value is -2.73. The summed E-state index contributed by atoms with van der Waals surface area (Å²) in [5.74, 6) is -1.49. The van der Waals surface area contributed by atoms with E-state index in [1.807, 2.05) is 0 Å². The van der Waals surface area contributed by atoms with Gasteiger partial charge in [-0.15, -0.1) is 0 Å². The highest BCUT2D eigenvalue weighted by molar-refractivity contribution is 6.39. The third kappa shape index (κ3) is 4.62. The van der Waals surface area contributed by atoms with E-state index in [1.54, 1.807) is 24.3 Å². The molecule has 2 amide bonds. The molecule has 2 rings (SSSR count). The number of aromatic hydroxyl groups is 1. The highest BCUT2D eigenvalue weighted by Gasteiger charge is 2.14. The lowest BCUT2D eigenvalue weighted by atomic mass is 10.2. The van der Waals surface area contributed by atoms with Crippen molar-refractivity contribution < 1.29 is 19.4 Å². The number of ether oxygens (including phenoxy) is 1. The summed E-state index contributed by atoms with van der Waals surface area (Å²) in [4.78, 5) is 23.6. The smallest absolute Gasteiger partial charge is 0.313 e. The number of benzene rings is 2. The average Bonchev–Trinajstić information content (AvgIpc) is 2.53. The second-order valence-electron chi connectivity index (χ2n) is 4.65. The van der Waals surface area contributed by atoms with E-state index in [-0.39, 0.29) is 23.7 Å². The zero-order chi connectivity index (χ0) is 16.8. The number of hydrogen-bond donors (Lipinski definition) is 3. The van der Waals surface area contributed by atoms with Crippen molar-refractivity contribution >= 4 is 29.1 Å². The molecule has 2 aromatic rings. The average molecular weight is 335 g/mol. The van der Waals surface area contributed by atoms with E-state index in [4.69, 9.17) is 16.3 Å². The molecule has 0 aliphatic carbocycles. The number of anilines is 1. The van der Waals surface area contributed by atoms with Crippen LogP contribution in [0, 0.1) is 0 Å². The minimum Gasteiger partial charge on any atom is -0.504 e. The van der Waals surface area contributed by atoms with Crippen molar-refractivity contribution in [1.82, 2.24) is 5.32 Å². The second-order valence-corrected chi connectivity index (χ2v) is 5.09. The predicted octanol–water partition coefficient (Wildman–Crippen LogP) is 2.31. The summed E-state index contributed by atoms with van der Waals surface area (Å²) < 4.78 is 4.90. The molecular weight excluding hydrogens is 320 g/mol. The predicted molar refractivity (Wildman–Crippen MR) is 86.6 cm³/mol. The molecule has 0 bridgehead atoms. The van der Waals surface area contributed by atoms with Gasteiger partial charge in [-0.25, -0.2) is 0 Å². The van der Waals surface area contributed by atoms with Crippen LogP contribution in [0.5, 0.6) is 11.5 Å². The fourth-order valence-corrected chi connectivity index (χ4v) is 2.08. The summed E-state index contributed by atoms with van der Waals surface area (Å²) in [5.41, 5.74) is 1.06. The fraction of sp³-hybridized carbons (Fsp3) is 0.125. The van der Waals surface area contributed by atoms with Gasteiger partial charge in [0.05, 0.1) is 7.11 Å². The number of amides is 2. The zero-order valence-electron chi connectivity index (χ0n) is 12.3. The van der Waals surface area contributed by atoms with E-state index in [2.05, 4.69) is 10.6 Å². The number of carbonyl (C=O) groups is 2. The summed E-state index contributed by atoms with van der Waals surface area (Å²) in [6.45, 7) is 0.181. The third-order valence-electron chi connectivity index (χ3n) is 2.99. The van der Waals surface area contributed by atoms with Crippen LogP contribution >= 0.6 is 11.6 Å². The van der Waals surface area contributed by atoms with Gasteiger partial charge in [0.2, 0.25) is 0 Å². The van der Waals surface area contributed by atoms with E-state index < -0.39 is 11.8 Å². The SMILES string of the molecule is COc1ccc(NC(=O)C(=O)NCc2cccc(Cl)c2)cc1O. The molecule has 0 saturated carbocycles. The van der Waals surface area contributed by atoms with Crippen LogP contribution in [0.3, 0.4) is 0 Å². The number of phenols is 1. The minimum atomic E-state index is -0.836. The molecule has 0 fully saturated rings. The molecule has 0 spiro atoms. The maximum absolute atomic E-state index is 11.8. The zero-order valence-corrected chi connectivity index (χ0v) is 13.1. The van der Waals surface area contributed by atoms with Crippen molar-refractivity contribution in [3.8, 4) is 11.5 Å². The van der Waals surface area contributed by atoms with E-state index >= 15 is 0 Å². The van der Waals surface area contributed by atoms with Crippen molar-refractivity contribution in [2.45, 2.75) is 6.54 Å². The standard InChI is InChI=1S/C16H15ClN2O4/c1-23-14-6-5-12(8-13(14)20)19-16(22)15(21)18-9-10-3-2-4-11(17)7-10/h2-8,20H,9H2,1H3,(H,18,21)(H,19,22).